The van der Waals surface area contributed by atoms with Crippen molar-refractivity contribution in [3.8, 4) is 27.8 Å². The summed E-state index contributed by atoms with van der Waals surface area (Å²) in [5.74, 6) is -0.932. The number of hydrogen-bond acceptors (Lipinski definition) is 8. The number of nitriles is 2. The second kappa shape index (κ2) is 7.96. The number of carbonyl (C=O) groups excluding carboxylic acids is 2. The Balaban J connectivity index is 1.53. The SMILES string of the molecule is N#Cc1cc2c(cc1C#N)C(=O)C(=Cc1cc3sc(-c4nccs4)nc3n1-c1ccccc1)C2=O. The molecule has 35 heavy (non-hydrogen) atoms. The summed E-state index contributed by atoms with van der Waals surface area (Å²) in [5, 5.41) is 22.2. The van der Waals surface area contributed by atoms with Crippen molar-refractivity contribution >= 4 is 50.7 Å². The number of fused-ring (bicyclic) bond motifs is 2. The van der Waals surface area contributed by atoms with E-state index >= 15 is 0 Å². The predicted molar refractivity (Wildman–Crippen MR) is 133 cm³/mol. The van der Waals surface area contributed by atoms with Crippen LogP contribution in [-0.4, -0.2) is 26.1 Å². The van der Waals surface area contributed by atoms with E-state index in [9.17, 15) is 20.1 Å². The maximum Gasteiger partial charge on any atom is 0.197 e. The largest absolute Gasteiger partial charge is 0.294 e. The van der Waals surface area contributed by atoms with E-state index < -0.39 is 11.6 Å². The minimum atomic E-state index is -0.466. The van der Waals surface area contributed by atoms with Crippen LogP contribution in [0.5, 0.6) is 0 Å². The zero-order valence-corrected chi connectivity index (χ0v) is 19.4. The fourth-order valence-corrected chi connectivity index (χ4v) is 5.78. The van der Waals surface area contributed by atoms with Crippen molar-refractivity contribution in [3.63, 3.8) is 0 Å². The molecule has 1 aliphatic rings. The van der Waals surface area contributed by atoms with Crippen LogP contribution < -0.4 is 0 Å². The molecule has 2 aromatic carbocycles. The van der Waals surface area contributed by atoms with Crippen LogP contribution in [0.1, 0.15) is 37.5 Å². The van der Waals surface area contributed by atoms with Gasteiger partial charge < -0.3 is 0 Å². The van der Waals surface area contributed by atoms with Gasteiger partial charge in [0.1, 0.15) is 12.1 Å². The lowest BCUT2D eigenvalue weighted by molar-refractivity contribution is 0.0990. The lowest BCUT2D eigenvalue weighted by atomic mass is 10.0. The number of benzene rings is 2. The van der Waals surface area contributed by atoms with Gasteiger partial charge in [-0.2, -0.15) is 10.5 Å². The second-order valence-corrected chi connectivity index (χ2v) is 9.59. The van der Waals surface area contributed by atoms with Gasteiger partial charge in [-0.25, -0.2) is 9.97 Å². The number of rotatable bonds is 3. The van der Waals surface area contributed by atoms with Crippen molar-refractivity contribution in [2.75, 3.05) is 0 Å². The quantitative estimate of drug-likeness (QED) is 0.247. The number of para-hydroxylation sites is 1. The first kappa shape index (κ1) is 20.9. The molecule has 164 valence electrons. The molecule has 0 aliphatic heterocycles. The van der Waals surface area contributed by atoms with Gasteiger partial charge in [-0.05, 0) is 36.4 Å². The Bertz CT molecular complexity index is 1740. The van der Waals surface area contributed by atoms with Gasteiger partial charge >= 0.3 is 0 Å². The van der Waals surface area contributed by atoms with E-state index in [-0.39, 0.29) is 27.8 Å². The molecule has 1 aliphatic carbocycles. The molecule has 0 radical (unpaired) electrons. The first-order valence-corrected chi connectivity index (χ1v) is 12.1. The first-order chi connectivity index (χ1) is 17.1. The van der Waals surface area contributed by atoms with Crippen molar-refractivity contribution in [2.45, 2.75) is 0 Å². The number of hydrogen-bond donors (Lipinski definition) is 0. The summed E-state index contributed by atoms with van der Waals surface area (Å²) in [6.45, 7) is 0. The van der Waals surface area contributed by atoms with Crippen LogP contribution >= 0.6 is 22.7 Å². The Hall–Kier alpha value is -4.70. The molecule has 0 saturated heterocycles. The molecule has 0 unspecified atom stereocenters. The highest BCUT2D eigenvalue weighted by Gasteiger charge is 2.35. The van der Waals surface area contributed by atoms with Crippen molar-refractivity contribution < 1.29 is 9.59 Å². The maximum absolute atomic E-state index is 13.2. The molecule has 7 nitrogen and oxygen atoms in total. The molecule has 0 bridgehead atoms. The normalized spacial score (nSPS) is 12.6. The minimum Gasteiger partial charge on any atom is -0.294 e. The number of aromatic nitrogens is 3. The van der Waals surface area contributed by atoms with Gasteiger partial charge in [-0.15, -0.1) is 22.7 Å². The van der Waals surface area contributed by atoms with Crippen LogP contribution in [0, 0.1) is 22.7 Å². The van der Waals surface area contributed by atoms with Crippen molar-refractivity contribution in [1.29, 1.82) is 10.5 Å². The third-order valence-corrected chi connectivity index (χ3v) is 7.59. The number of Topliss-reactive ketones (excluding diaryl/α,β-unsaturated/α-hetero) is 2. The Morgan fingerprint density at radius 1 is 0.914 bits per heavy atom. The predicted octanol–water partition coefficient (Wildman–Crippen LogP) is 5.42. The molecular weight excluding hydrogens is 478 g/mol. The molecule has 0 fully saturated rings. The molecule has 0 spiro atoms. The van der Waals surface area contributed by atoms with Crippen molar-refractivity contribution in [2.24, 2.45) is 0 Å². The standard InChI is InChI=1S/C26H11N5O2S2/c27-12-14-8-18-19(9-15(14)13-28)23(33)20(22(18)32)10-17-11-21-24(31(17)16-4-2-1-3-5-16)30-26(35-21)25-29-6-7-34-25/h1-11H. The average Bonchev–Trinajstić information content (AvgIpc) is 3.65. The van der Waals surface area contributed by atoms with Gasteiger partial charge in [0, 0.05) is 28.4 Å². The number of carbonyl (C=O) groups is 2. The third kappa shape index (κ3) is 3.22. The molecule has 6 rings (SSSR count). The summed E-state index contributed by atoms with van der Waals surface area (Å²) in [7, 11) is 0. The molecule has 0 amide bonds. The molecule has 0 N–H and O–H groups in total. The average molecular weight is 490 g/mol. The van der Waals surface area contributed by atoms with E-state index in [2.05, 4.69) is 4.98 Å². The minimum absolute atomic E-state index is 0.0125. The number of allylic oxidation sites excluding steroid dienone is 1. The monoisotopic (exact) mass is 489 g/mol. The summed E-state index contributed by atoms with van der Waals surface area (Å²) in [5.41, 5.74) is 2.57. The summed E-state index contributed by atoms with van der Waals surface area (Å²) in [4.78, 5) is 35.5. The van der Waals surface area contributed by atoms with Crippen LogP contribution in [0.4, 0.5) is 0 Å². The summed E-state index contributed by atoms with van der Waals surface area (Å²) < 4.78 is 2.79. The van der Waals surface area contributed by atoms with Crippen LogP contribution in [0.25, 0.3) is 32.1 Å². The van der Waals surface area contributed by atoms with Crippen LogP contribution in [-0.2, 0) is 0 Å². The third-order valence-electron chi connectivity index (χ3n) is 5.68. The van der Waals surface area contributed by atoms with Gasteiger partial charge in [0.25, 0.3) is 0 Å². The van der Waals surface area contributed by atoms with E-state index in [0.717, 1.165) is 20.4 Å². The number of nitrogens with zero attached hydrogens (tertiary/aromatic N) is 5. The van der Waals surface area contributed by atoms with Gasteiger partial charge in [-0.1, -0.05) is 18.2 Å². The highest BCUT2D eigenvalue weighted by Crippen LogP contribution is 2.37. The molecule has 0 atom stereocenters. The highest BCUT2D eigenvalue weighted by atomic mass is 32.1. The lowest BCUT2D eigenvalue weighted by Crippen LogP contribution is -2.03. The smallest absolute Gasteiger partial charge is 0.197 e. The zero-order chi connectivity index (χ0) is 24.1. The van der Waals surface area contributed by atoms with E-state index in [1.807, 2.05) is 58.5 Å². The van der Waals surface area contributed by atoms with E-state index in [1.165, 1.54) is 34.8 Å². The van der Waals surface area contributed by atoms with Crippen LogP contribution in [0.15, 0.2) is 65.7 Å². The van der Waals surface area contributed by atoms with Crippen molar-refractivity contribution in [3.05, 3.63) is 93.6 Å². The second-order valence-electron chi connectivity index (χ2n) is 7.67. The zero-order valence-electron chi connectivity index (χ0n) is 17.7. The molecule has 0 saturated carbocycles. The first-order valence-electron chi connectivity index (χ1n) is 10.4. The molecule has 3 aromatic heterocycles. The Labute approximate surface area is 206 Å². The molecule has 3 heterocycles. The number of thiazole rings is 2. The number of ketones is 2. The van der Waals surface area contributed by atoms with Gasteiger partial charge in [0.2, 0.25) is 0 Å². The van der Waals surface area contributed by atoms with Crippen molar-refractivity contribution in [1.82, 2.24) is 14.5 Å². The Morgan fingerprint density at radius 2 is 1.60 bits per heavy atom. The summed E-state index contributed by atoms with van der Waals surface area (Å²) in [6, 6.07) is 17.9. The topological polar surface area (TPSA) is 112 Å². The fourth-order valence-electron chi connectivity index (χ4n) is 4.11. The van der Waals surface area contributed by atoms with Gasteiger partial charge in [0.15, 0.2) is 27.2 Å². The summed E-state index contributed by atoms with van der Waals surface area (Å²) >= 11 is 2.99. The van der Waals surface area contributed by atoms with Crippen LogP contribution in [0.2, 0.25) is 0 Å². The van der Waals surface area contributed by atoms with E-state index in [0.29, 0.717) is 11.3 Å². The van der Waals surface area contributed by atoms with Gasteiger partial charge in [-0.3, -0.25) is 14.2 Å². The Kier molecular flexibility index (Phi) is 4.75. The molecule has 5 aromatic rings. The maximum atomic E-state index is 13.2. The van der Waals surface area contributed by atoms with Gasteiger partial charge in [0.05, 0.1) is 27.1 Å². The highest BCUT2D eigenvalue weighted by molar-refractivity contribution is 7.24. The van der Waals surface area contributed by atoms with E-state index in [4.69, 9.17) is 4.98 Å². The fraction of sp³-hybridized carbons (Fsp3) is 0. The molecular formula is C26H11N5O2S2. The molecule has 9 heteroatoms. The van der Waals surface area contributed by atoms with Crippen LogP contribution in [0.3, 0.4) is 0 Å². The van der Waals surface area contributed by atoms with E-state index in [1.54, 1.807) is 12.3 Å². The summed E-state index contributed by atoms with van der Waals surface area (Å²) in [6.07, 6.45) is 3.30. The Morgan fingerprint density at radius 3 is 2.20 bits per heavy atom. The lowest BCUT2D eigenvalue weighted by Gasteiger charge is -2.07.